The smallest absolute Gasteiger partial charge is 0.469 e. The van der Waals surface area contributed by atoms with Gasteiger partial charge in [-0.25, -0.2) is 4.79 Å². The van der Waals surface area contributed by atoms with Crippen LogP contribution in [0.4, 0.5) is 0 Å². The number of hydroxylamine groups is 2. The molecule has 0 aromatic rings. The van der Waals surface area contributed by atoms with Crippen molar-refractivity contribution in [1.82, 2.24) is 5.06 Å². The van der Waals surface area contributed by atoms with Crippen LogP contribution in [-0.2, 0) is 41.0 Å². The van der Waals surface area contributed by atoms with Gasteiger partial charge >= 0.3 is 29.0 Å². The van der Waals surface area contributed by atoms with E-state index < -0.39 is 24.0 Å². The first-order valence-electron chi connectivity index (χ1n) is 7.53. The normalized spacial score (nSPS) is 29.5. The molecule has 0 bridgehead atoms. The van der Waals surface area contributed by atoms with E-state index in [9.17, 15) is 9.59 Å². The fraction of sp³-hybridized carbons (Fsp3) is 0.333. The van der Waals surface area contributed by atoms with Crippen LogP contribution < -0.4 is 0 Å². The monoisotopic (exact) mass is 387 g/mol. The van der Waals surface area contributed by atoms with Crippen LogP contribution in [0.5, 0.6) is 0 Å². The van der Waals surface area contributed by atoms with E-state index >= 15 is 0 Å². The second-order valence-electron chi connectivity index (χ2n) is 5.27. The Hall–Kier alpha value is -0.621. The van der Waals surface area contributed by atoms with Gasteiger partial charge in [-0.15, -0.1) is 0 Å². The number of carbonyl (C=O) groups excluding carboxylic acids is 2. The number of ether oxygens (including phenoxy) is 2. The van der Waals surface area contributed by atoms with Crippen molar-refractivity contribution in [3.05, 3.63) is 63.7 Å². The second kappa shape index (κ2) is 11.2. The molecule has 3 rings (SSSR count). The number of carbonyl (C=O) groups is 2. The average Bonchev–Trinajstić information content (AvgIpc) is 3.34. The van der Waals surface area contributed by atoms with Gasteiger partial charge in [0.2, 0.25) is 0 Å². The van der Waals surface area contributed by atoms with Crippen molar-refractivity contribution in [3.8, 4) is 0 Å². The van der Waals surface area contributed by atoms with E-state index in [0.717, 1.165) is 5.92 Å². The van der Waals surface area contributed by atoms with E-state index in [4.69, 9.17) is 9.57 Å². The minimum absolute atomic E-state index is 0. The van der Waals surface area contributed by atoms with Crippen LogP contribution in [0.15, 0.2) is 0 Å². The summed E-state index contributed by atoms with van der Waals surface area (Å²) in [6, 6.07) is -0.369. The van der Waals surface area contributed by atoms with E-state index in [-0.39, 0.29) is 23.1 Å². The largest absolute Gasteiger partial charge is 2.00 e. The maximum absolute atomic E-state index is 12.0. The fourth-order valence-corrected chi connectivity index (χ4v) is 2.72. The van der Waals surface area contributed by atoms with E-state index in [0.29, 0.717) is 0 Å². The third-order valence-electron chi connectivity index (χ3n) is 3.83. The molecule has 2 aliphatic carbocycles. The zero-order valence-corrected chi connectivity index (χ0v) is 15.4. The van der Waals surface area contributed by atoms with Crippen molar-refractivity contribution in [2.45, 2.75) is 12.1 Å². The van der Waals surface area contributed by atoms with Gasteiger partial charge in [0.05, 0.1) is 20.3 Å². The molecule has 0 spiro atoms. The molecule has 1 saturated heterocycles. The summed E-state index contributed by atoms with van der Waals surface area (Å²) < 4.78 is 9.46. The predicted octanol–water partition coefficient (Wildman–Crippen LogP) is 0.987. The molecule has 1 aliphatic heterocycles. The first kappa shape index (κ1) is 22.4. The molecule has 2 saturated carbocycles. The maximum atomic E-state index is 12.0. The molecule has 10 radical (unpaired) electrons. The SMILES string of the molecule is COC(=O)[C@H]1[C@@H](C(=O)OC)ON(C)[C@@H]1[C]1[CH][CH][CH][CH]1.[CH]1[CH][CH][CH][CH]1.[Fe+2]. The first-order chi connectivity index (χ1) is 11.6. The Morgan fingerprint density at radius 3 is 1.84 bits per heavy atom. The number of esters is 2. The molecule has 3 fully saturated rings. The number of nitrogens with zero attached hydrogens (tertiary/aromatic N) is 1. The Kier molecular flexibility index (Phi) is 10.0. The summed E-state index contributed by atoms with van der Waals surface area (Å²) in [5.41, 5.74) is 0. The Balaban J connectivity index is 0.000000448. The van der Waals surface area contributed by atoms with Gasteiger partial charge in [0.25, 0.3) is 0 Å². The number of rotatable bonds is 3. The van der Waals surface area contributed by atoms with Crippen molar-refractivity contribution < 1.29 is 41.0 Å². The molecule has 0 N–H and O–H groups in total. The van der Waals surface area contributed by atoms with E-state index in [1.165, 1.54) is 19.3 Å². The van der Waals surface area contributed by atoms with Gasteiger partial charge in [0, 0.05) is 13.0 Å². The van der Waals surface area contributed by atoms with Gasteiger partial charge in [0.1, 0.15) is 5.92 Å². The quantitative estimate of drug-likeness (QED) is 0.532. The zero-order valence-electron chi connectivity index (χ0n) is 14.3. The van der Waals surface area contributed by atoms with E-state index in [2.05, 4.69) is 4.74 Å². The van der Waals surface area contributed by atoms with Crippen LogP contribution in [0.3, 0.4) is 0 Å². The van der Waals surface area contributed by atoms with Gasteiger partial charge < -0.3 is 9.47 Å². The van der Waals surface area contributed by atoms with Crippen molar-refractivity contribution in [3.63, 3.8) is 0 Å². The Morgan fingerprint density at radius 1 is 0.920 bits per heavy atom. The van der Waals surface area contributed by atoms with Crippen molar-refractivity contribution in [2.24, 2.45) is 5.92 Å². The summed E-state index contributed by atoms with van der Waals surface area (Å²) in [5.74, 6) is -0.934. The van der Waals surface area contributed by atoms with Crippen molar-refractivity contribution in [2.75, 3.05) is 21.3 Å². The van der Waals surface area contributed by atoms with Crippen LogP contribution in [0, 0.1) is 69.6 Å². The molecular weight excluding hydrogens is 366 g/mol. The predicted molar refractivity (Wildman–Crippen MR) is 85.9 cm³/mol. The number of hydrogen-bond acceptors (Lipinski definition) is 6. The van der Waals surface area contributed by atoms with E-state index in [1.54, 1.807) is 7.05 Å². The first-order valence-corrected chi connectivity index (χ1v) is 7.53. The summed E-state index contributed by atoms with van der Waals surface area (Å²) in [5, 5.41) is 1.50. The minimum Gasteiger partial charge on any atom is -0.469 e. The third kappa shape index (κ3) is 5.68. The molecule has 134 valence electrons. The van der Waals surface area contributed by atoms with Gasteiger partial charge in [-0.3, -0.25) is 9.63 Å². The molecule has 25 heavy (non-hydrogen) atoms. The Labute approximate surface area is 161 Å². The molecule has 6 nitrogen and oxygen atoms in total. The summed E-state index contributed by atoms with van der Waals surface area (Å²) in [4.78, 5) is 29.1. The second-order valence-corrected chi connectivity index (χ2v) is 5.27. The molecule has 1 heterocycles. The van der Waals surface area contributed by atoms with Crippen LogP contribution in [0.2, 0.25) is 0 Å². The Morgan fingerprint density at radius 2 is 1.40 bits per heavy atom. The molecule has 7 heteroatoms. The van der Waals surface area contributed by atoms with Crippen molar-refractivity contribution >= 4 is 11.9 Å². The van der Waals surface area contributed by atoms with Crippen LogP contribution >= 0.6 is 0 Å². The number of hydrogen-bond donors (Lipinski definition) is 0. The molecule has 0 unspecified atom stereocenters. The topological polar surface area (TPSA) is 65.1 Å². The third-order valence-corrected chi connectivity index (χ3v) is 3.83. The average molecular weight is 387 g/mol. The van der Waals surface area contributed by atoms with E-state index in [1.807, 2.05) is 57.8 Å². The summed E-state index contributed by atoms with van der Waals surface area (Å²) in [6.45, 7) is 0. The fourth-order valence-electron chi connectivity index (χ4n) is 2.72. The summed E-state index contributed by atoms with van der Waals surface area (Å²) in [6.07, 6.45) is 16.5. The molecule has 0 aromatic heterocycles. The molecule has 3 atom stereocenters. The van der Waals surface area contributed by atoms with Crippen LogP contribution in [-0.4, -0.2) is 50.4 Å². The molecule has 3 aliphatic rings. The molecular formula is C18H21FeNO5+2. The van der Waals surface area contributed by atoms with Crippen LogP contribution in [0.1, 0.15) is 0 Å². The molecule has 0 aromatic carbocycles. The van der Waals surface area contributed by atoms with Gasteiger partial charge in [-0.05, 0) is 57.8 Å². The van der Waals surface area contributed by atoms with Crippen molar-refractivity contribution in [1.29, 1.82) is 0 Å². The summed E-state index contributed by atoms with van der Waals surface area (Å²) in [7, 11) is 4.23. The maximum Gasteiger partial charge on any atom is 2.00 e. The zero-order chi connectivity index (χ0) is 17.5. The molecule has 0 amide bonds. The van der Waals surface area contributed by atoms with Gasteiger partial charge in [-0.2, -0.15) is 5.06 Å². The van der Waals surface area contributed by atoms with Crippen LogP contribution in [0.25, 0.3) is 0 Å². The standard InChI is InChI=1S/C13H16NO5.C5H5.Fe/c1-14-10(8-6-4-5-7-8)9(12(15)17-2)11(19-14)13(16)18-3;1-2-4-5-3-1;/h4-7,9-11H,1-3H3;1-5H;/q;;+2/t9-,10-,11+;;/m1../s1. The van der Waals surface area contributed by atoms with Gasteiger partial charge in [0.15, 0.2) is 6.10 Å². The minimum atomic E-state index is -0.984. The van der Waals surface area contributed by atoms with Gasteiger partial charge in [-0.1, -0.05) is 0 Å². The number of methoxy groups -OCH3 is 2. The Bertz CT molecular complexity index is 416. The summed E-state index contributed by atoms with van der Waals surface area (Å²) >= 11 is 0.